The maximum atomic E-state index is 11.2. The van der Waals surface area contributed by atoms with Crippen LogP contribution in [0.1, 0.15) is 13.3 Å². The zero-order valence-corrected chi connectivity index (χ0v) is 11.6. The van der Waals surface area contributed by atoms with Crippen molar-refractivity contribution < 1.29 is 9.53 Å². The molecule has 0 aromatic carbocycles. The molecular weight excluding hydrogens is 248 g/mol. The molecule has 102 valence electrons. The van der Waals surface area contributed by atoms with Gasteiger partial charge in [0, 0.05) is 12.0 Å². The molecule has 0 N–H and O–H groups in total. The number of rotatable bonds is 3. The van der Waals surface area contributed by atoms with Crippen LogP contribution in [0.3, 0.4) is 0 Å². The normalized spacial score (nSPS) is 26.6. The van der Waals surface area contributed by atoms with Crippen LogP contribution in [0, 0.1) is 11.8 Å². The molecule has 2 atom stereocenters. The number of carbonyl (C=O) groups excluding carboxylic acids is 1. The van der Waals surface area contributed by atoms with E-state index < -0.39 is 0 Å². The molecular formula is C18H18O2. The first-order valence-electron chi connectivity index (χ1n) is 6.98. The van der Waals surface area contributed by atoms with Crippen LogP contribution in [-0.2, 0) is 9.53 Å². The molecule has 2 nitrogen and oxygen atoms in total. The summed E-state index contributed by atoms with van der Waals surface area (Å²) in [6.45, 7) is 5.98. The first-order valence-corrected chi connectivity index (χ1v) is 6.98. The summed E-state index contributed by atoms with van der Waals surface area (Å²) in [4.78, 5) is 11.2. The van der Waals surface area contributed by atoms with Crippen LogP contribution in [0.15, 0.2) is 71.4 Å². The molecule has 0 amide bonds. The highest BCUT2D eigenvalue weighted by atomic mass is 16.5. The predicted octanol–water partition coefficient (Wildman–Crippen LogP) is 3.66. The molecule has 0 spiro atoms. The van der Waals surface area contributed by atoms with E-state index in [2.05, 4.69) is 50.0 Å². The number of carbonyl (C=O) groups is 1. The second-order valence-electron chi connectivity index (χ2n) is 5.51. The Balaban J connectivity index is 1.92. The predicted molar refractivity (Wildman–Crippen MR) is 79.9 cm³/mol. The lowest BCUT2D eigenvalue weighted by atomic mass is 9.69. The first kappa shape index (κ1) is 12.9. The number of hydrogen-bond acceptors (Lipinski definition) is 2. The summed E-state index contributed by atoms with van der Waals surface area (Å²) in [6, 6.07) is 0. The zero-order chi connectivity index (χ0) is 14.1. The third-order valence-electron chi connectivity index (χ3n) is 4.02. The van der Waals surface area contributed by atoms with Crippen LogP contribution in [-0.4, -0.2) is 12.6 Å². The van der Waals surface area contributed by atoms with E-state index in [1.807, 2.05) is 0 Å². The van der Waals surface area contributed by atoms with Crippen LogP contribution >= 0.6 is 0 Å². The van der Waals surface area contributed by atoms with Gasteiger partial charge in [0.1, 0.15) is 6.61 Å². The van der Waals surface area contributed by atoms with Gasteiger partial charge in [-0.3, -0.25) is 0 Å². The quantitative estimate of drug-likeness (QED) is 0.575. The highest BCUT2D eigenvalue weighted by Crippen LogP contribution is 2.45. The Morgan fingerprint density at radius 2 is 2.30 bits per heavy atom. The fourth-order valence-electron chi connectivity index (χ4n) is 3.16. The van der Waals surface area contributed by atoms with Gasteiger partial charge in [-0.2, -0.15) is 0 Å². The topological polar surface area (TPSA) is 26.3 Å². The van der Waals surface area contributed by atoms with Gasteiger partial charge in [0.15, 0.2) is 0 Å². The summed E-state index contributed by atoms with van der Waals surface area (Å²) in [5.41, 5.74) is 5.19. The Bertz CT molecular complexity index is 611. The van der Waals surface area contributed by atoms with E-state index in [-0.39, 0.29) is 5.97 Å². The van der Waals surface area contributed by atoms with E-state index in [0.29, 0.717) is 18.4 Å². The molecule has 0 bridgehead atoms. The zero-order valence-electron chi connectivity index (χ0n) is 11.6. The third-order valence-corrected chi connectivity index (χ3v) is 4.02. The lowest BCUT2D eigenvalue weighted by Crippen LogP contribution is -2.24. The standard InChI is InChI=1S/C18H18O2/c1-3-17(19)20-11-15-8-7-13-5-4-6-14-9-12(2)10-16(15)18(13)14/h3-8,10,12,18H,1,9,11H2,2H3. The summed E-state index contributed by atoms with van der Waals surface area (Å²) in [6.07, 6.45) is 15.4. The minimum absolute atomic E-state index is 0.320. The van der Waals surface area contributed by atoms with Crippen molar-refractivity contribution in [1.29, 1.82) is 0 Å². The van der Waals surface area contributed by atoms with Gasteiger partial charge in [-0.15, -0.1) is 0 Å². The molecule has 0 aliphatic heterocycles. The van der Waals surface area contributed by atoms with Crippen molar-refractivity contribution >= 4 is 5.97 Å². The van der Waals surface area contributed by atoms with Gasteiger partial charge in [-0.05, 0) is 29.1 Å². The fraction of sp³-hybridized carbons (Fsp3) is 0.278. The first-order chi connectivity index (χ1) is 9.69. The van der Waals surface area contributed by atoms with Crippen molar-refractivity contribution in [1.82, 2.24) is 0 Å². The summed E-state index contributed by atoms with van der Waals surface area (Å²) in [5, 5.41) is 0. The summed E-state index contributed by atoms with van der Waals surface area (Å²) in [7, 11) is 0. The molecule has 0 fully saturated rings. The molecule has 0 saturated carbocycles. The Kier molecular flexibility index (Phi) is 3.31. The average molecular weight is 266 g/mol. The lowest BCUT2D eigenvalue weighted by molar-refractivity contribution is -0.136. The second kappa shape index (κ2) is 5.12. The smallest absolute Gasteiger partial charge is 0.330 e. The van der Waals surface area contributed by atoms with E-state index in [1.165, 1.54) is 22.8 Å². The minimum Gasteiger partial charge on any atom is -0.458 e. The Labute approximate surface area is 119 Å². The van der Waals surface area contributed by atoms with Gasteiger partial charge in [0.05, 0.1) is 0 Å². The van der Waals surface area contributed by atoms with Crippen molar-refractivity contribution in [3.05, 3.63) is 71.4 Å². The van der Waals surface area contributed by atoms with Gasteiger partial charge < -0.3 is 4.74 Å². The van der Waals surface area contributed by atoms with Crippen molar-refractivity contribution in [3.8, 4) is 0 Å². The molecule has 0 radical (unpaired) electrons. The van der Waals surface area contributed by atoms with E-state index in [9.17, 15) is 4.79 Å². The largest absolute Gasteiger partial charge is 0.458 e. The summed E-state index contributed by atoms with van der Waals surface area (Å²) < 4.78 is 5.20. The molecule has 0 saturated heterocycles. The van der Waals surface area contributed by atoms with Crippen molar-refractivity contribution in [2.45, 2.75) is 13.3 Å². The molecule has 3 aliphatic carbocycles. The monoisotopic (exact) mass is 266 g/mol. The van der Waals surface area contributed by atoms with Gasteiger partial charge in [0.2, 0.25) is 0 Å². The Morgan fingerprint density at radius 1 is 1.45 bits per heavy atom. The summed E-state index contributed by atoms with van der Waals surface area (Å²) in [5.74, 6) is 0.514. The van der Waals surface area contributed by atoms with Crippen LogP contribution in [0.5, 0.6) is 0 Å². The number of esters is 1. The third kappa shape index (κ3) is 2.22. The number of hydrogen-bond donors (Lipinski definition) is 0. The molecule has 2 unspecified atom stereocenters. The van der Waals surface area contributed by atoms with Crippen molar-refractivity contribution in [2.24, 2.45) is 11.8 Å². The van der Waals surface area contributed by atoms with Gasteiger partial charge in [0.25, 0.3) is 0 Å². The molecule has 0 aromatic rings. The van der Waals surface area contributed by atoms with Crippen LogP contribution in [0.25, 0.3) is 0 Å². The van der Waals surface area contributed by atoms with Crippen molar-refractivity contribution in [3.63, 3.8) is 0 Å². The van der Waals surface area contributed by atoms with Gasteiger partial charge in [-0.1, -0.05) is 55.5 Å². The van der Waals surface area contributed by atoms with Crippen LogP contribution in [0.2, 0.25) is 0 Å². The maximum Gasteiger partial charge on any atom is 0.330 e. The second-order valence-corrected chi connectivity index (χ2v) is 5.51. The average Bonchev–Trinajstić information content (AvgIpc) is 2.46. The van der Waals surface area contributed by atoms with E-state index in [0.717, 1.165) is 12.0 Å². The molecule has 0 heterocycles. The van der Waals surface area contributed by atoms with E-state index >= 15 is 0 Å². The SMILES string of the molecule is C=CC(=O)OCC1=CC=C2C=CC=C3CC(C)C=C1C23. The van der Waals surface area contributed by atoms with Gasteiger partial charge >= 0.3 is 5.97 Å². The van der Waals surface area contributed by atoms with E-state index in [4.69, 9.17) is 4.74 Å². The lowest BCUT2D eigenvalue weighted by Gasteiger charge is -2.36. The molecule has 2 heteroatoms. The summed E-state index contributed by atoms with van der Waals surface area (Å²) >= 11 is 0. The Morgan fingerprint density at radius 3 is 3.10 bits per heavy atom. The maximum absolute atomic E-state index is 11.2. The minimum atomic E-state index is -0.371. The van der Waals surface area contributed by atoms with Crippen molar-refractivity contribution in [2.75, 3.05) is 6.61 Å². The molecule has 20 heavy (non-hydrogen) atoms. The molecule has 0 aromatic heterocycles. The van der Waals surface area contributed by atoms with Crippen LogP contribution < -0.4 is 0 Å². The fourth-order valence-corrected chi connectivity index (χ4v) is 3.16. The molecule has 3 aliphatic rings. The molecule has 3 rings (SSSR count). The Hall–Kier alpha value is -2.09. The number of allylic oxidation sites excluding steroid dienone is 8. The number of ether oxygens (including phenoxy) is 1. The van der Waals surface area contributed by atoms with Gasteiger partial charge in [-0.25, -0.2) is 4.79 Å². The van der Waals surface area contributed by atoms with Crippen LogP contribution in [0.4, 0.5) is 0 Å². The highest BCUT2D eigenvalue weighted by Gasteiger charge is 2.32. The highest BCUT2D eigenvalue weighted by molar-refractivity contribution is 5.81. The van der Waals surface area contributed by atoms with E-state index in [1.54, 1.807) is 0 Å².